The molecule has 0 saturated heterocycles. The summed E-state index contributed by atoms with van der Waals surface area (Å²) in [5.41, 5.74) is 0. The Hall–Kier alpha value is -1.81. The largest absolute Gasteiger partial charge is 0.446 e. The third-order valence-corrected chi connectivity index (χ3v) is 8.92. The Morgan fingerprint density at radius 1 is 0.489 bits per heavy atom. The van der Waals surface area contributed by atoms with Crippen LogP contribution < -0.4 is 0 Å². The van der Waals surface area contributed by atoms with Gasteiger partial charge in [0.1, 0.15) is 6.10 Å². The van der Waals surface area contributed by atoms with Gasteiger partial charge in [-0.3, -0.25) is 0 Å². The van der Waals surface area contributed by atoms with Crippen molar-refractivity contribution in [2.45, 2.75) is 187 Å². The fourth-order valence-electron chi connectivity index (χ4n) is 5.66. The van der Waals surface area contributed by atoms with Crippen LogP contribution in [0.15, 0.2) is 48.6 Å². The Balaban J connectivity index is 4.13. The third-order valence-electron chi connectivity index (χ3n) is 8.92. The van der Waals surface area contributed by atoms with Crippen LogP contribution in [-0.4, -0.2) is 56.2 Å². The molecule has 0 aliphatic heterocycles. The fourth-order valence-corrected chi connectivity index (χ4v) is 5.66. The Bertz CT molecular complexity index is 722. The third kappa shape index (κ3) is 35.3. The van der Waals surface area contributed by atoms with Crippen molar-refractivity contribution in [3.8, 4) is 0 Å². The van der Waals surface area contributed by atoms with Gasteiger partial charge in [0.05, 0.1) is 0 Å². The van der Waals surface area contributed by atoms with Crippen LogP contribution in [0.25, 0.3) is 0 Å². The van der Waals surface area contributed by atoms with Crippen LogP contribution in [-0.2, 0) is 4.74 Å². The van der Waals surface area contributed by atoms with E-state index < -0.39 is 0 Å². The van der Waals surface area contributed by atoms with Gasteiger partial charge >= 0.3 is 6.09 Å². The van der Waals surface area contributed by atoms with Crippen LogP contribution in [0.4, 0.5) is 4.79 Å². The molecule has 0 N–H and O–H groups in total. The minimum Gasteiger partial charge on any atom is -0.446 e. The quantitative estimate of drug-likeness (QED) is 0.0510. The molecular weight excluding hydrogens is 576 g/mol. The molecule has 0 heterocycles. The molecule has 0 atom stereocenters. The van der Waals surface area contributed by atoms with Gasteiger partial charge in [-0.2, -0.15) is 0 Å². The molecule has 0 spiro atoms. The molecule has 1 amide bonds. The lowest BCUT2D eigenvalue weighted by atomic mass is 10.0. The number of ether oxygens (including phenoxy) is 1. The highest BCUT2D eigenvalue weighted by Crippen LogP contribution is 2.18. The van der Waals surface area contributed by atoms with Gasteiger partial charge in [0.25, 0.3) is 0 Å². The summed E-state index contributed by atoms with van der Waals surface area (Å²) < 4.78 is 6.04. The number of amides is 1. The maximum absolute atomic E-state index is 12.8. The molecule has 0 aromatic heterocycles. The van der Waals surface area contributed by atoms with Crippen LogP contribution >= 0.6 is 0 Å². The Kier molecular flexibility index (Phi) is 35.6. The van der Waals surface area contributed by atoms with E-state index in [0.29, 0.717) is 6.54 Å². The molecule has 4 nitrogen and oxygen atoms in total. The lowest BCUT2D eigenvalue weighted by Gasteiger charge is -2.24. The summed E-state index contributed by atoms with van der Waals surface area (Å²) in [4.78, 5) is 16.6. The standard InChI is InChI=1S/C43H80N2O2/c1-6-8-10-12-14-16-18-20-22-24-26-28-30-32-34-36-38-42(47-43(46)45(5)41-40-44(3)4)39-37-35-33-31-29-27-25-23-21-19-17-15-13-11-9-7-2/h14-17,20-23,42H,6-13,18-19,24-41H2,1-5H3/b16-14-,17-15-,22-20-,23-21-. The first-order valence-electron chi connectivity index (χ1n) is 20.2. The van der Waals surface area contributed by atoms with E-state index in [1.807, 2.05) is 21.1 Å². The number of rotatable bonds is 34. The Morgan fingerprint density at radius 3 is 1.23 bits per heavy atom. The van der Waals surface area contributed by atoms with Gasteiger partial charge in [-0.05, 0) is 104 Å². The number of carbonyl (C=O) groups excluding carboxylic acids is 1. The number of carbonyl (C=O) groups is 1. The minimum atomic E-state index is -0.156. The van der Waals surface area contributed by atoms with Crippen molar-refractivity contribution in [2.24, 2.45) is 0 Å². The number of hydrogen-bond acceptors (Lipinski definition) is 3. The summed E-state index contributed by atoms with van der Waals surface area (Å²) in [6, 6.07) is 0. The van der Waals surface area contributed by atoms with Crippen LogP contribution in [0.2, 0.25) is 0 Å². The normalized spacial score (nSPS) is 12.3. The zero-order valence-electron chi connectivity index (χ0n) is 32.2. The highest BCUT2D eigenvalue weighted by Gasteiger charge is 2.17. The molecule has 0 aliphatic carbocycles. The molecule has 0 radical (unpaired) electrons. The summed E-state index contributed by atoms with van der Waals surface area (Å²) in [5.74, 6) is 0. The second kappa shape index (κ2) is 37.0. The van der Waals surface area contributed by atoms with E-state index in [-0.39, 0.29) is 12.2 Å². The van der Waals surface area contributed by atoms with Gasteiger partial charge in [0.15, 0.2) is 0 Å². The van der Waals surface area contributed by atoms with Gasteiger partial charge in [0.2, 0.25) is 0 Å². The molecule has 274 valence electrons. The molecule has 47 heavy (non-hydrogen) atoms. The summed E-state index contributed by atoms with van der Waals surface area (Å²) in [7, 11) is 5.95. The summed E-state index contributed by atoms with van der Waals surface area (Å²) >= 11 is 0. The minimum absolute atomic E-state index is 0.0565. The molecule has 4 heteroatoms. The lowest BCUT2D eigenvalue weighted by molar-refractivity contribution is 0.0571. The first-order chi connectivity index (χ1) is 23.0. The second-order valence-corrected chi connectivity index (χ2v) is 14.0. The Labute approximate surface area is 294 Å². The van der Waals surface area contributed by atoms with Crippen molar-refractivity contribution >= 4 is 6.09 Å². The first kappa shape index (κ1) is 45.2. The fraction of sp³-hybridized carbons (Fsp3) is 0.791. The topological polar surface area (TPSA) is 32.8 Å². The van der Waals surface area contributed by atoms with E-state index in [1.165, 1.54) is 128 Å². The number of unbranched alkanes of at least 4 members (excludes halogenated alkanes) is 18. The monoisotopic (exact) mass is 657 g/mol. The molecular formula is C43H80N2O2. The van der Waals surface area contributed by atoms with Crippen molar-refractivity contribution in [1.29, 1.82) is 0 Å². The van der Waals surface area contributed by atoms with Crippen LogP contribution in [0.1, 0.15) is 181 Å². The van der Waals surface area contributed by atoms with Crippen LogP contribution in [0.3, 0.4) is 0 Å². The molecule has 0 aromatic rings. The van der Waals surface area contributed by atoms with Crippen LogP contribution in [0.5, 0.6) is 0 Å². The van der Waals surface area contributed by atoms with Crippen molar-refractivity contribution < 1.29 is 9.53 Å². The van der Waals surface area contributed by atoms with Crippen molar-refractivity contribution in [2.75, 3.05) is 34.2 Å². The second-order valence-electron chi connectivity index (χ2n) is 14.0. The number of nitrogens with zero attached hydrogens (tertiary/aromatic N) is 2. The molecule has 0 fully saturated rings. The maximum atomic E-state index is 12.8. The number of hydrogen-bond donors (Lipinski definition) is 0. The van der Waals surface area contributed by atoms with E-state index >= 15 is 0 Å². The van der Waals surface area contributed by atoms with Gasteiger partial charge in [-0.1, -0.05) is 140 Å². The SMILES string of the molecule is CCCCC/C=C\C/C=C\CCCCCCCCC(CCCCCCCC/C=C\C/C=C\CCCCC)OC(=O)N(C)CCN(C)C. The summed E-state index contributed by atoms with van der Waals surface area (Å²) in [6.07, 6.45) is 50.8. The molecule has 0 unspecified atom stereocenters. The van der Waals surface area contributed by atoms with E-state index in [4.69, 9.17) is 4.74 Å². The number of likely N-dealkylation sites (N-methyl/N-ethyl adjacent to an activating group) is 2. The summed E-state index contributed by atoms with van der Waals surface area (Å²) in [5, 5.41) is 0. The van der Waals surface area contributed by atoms with E-state index in [2.05, 4.69) is 67.4 Å². The smallest absolute Gasteiger partial charge is 0.409 e. The van der Waals surface area contributed by atoms with Crippen molar-refractivity contribution in [1.82, 2.24) is 9.80 Å². The van der Waals surface area contributed by atoms with E-state index in [1.54, 1.807) is 4.90 Å². The predicted octanol–water partition coefficient (Wildman–Crippen LogP) is 13.4. The zero-order valence-corrected chi connectivity index (χ0v) is 32.2. The first-order valence-corrected chi connectivity index (χ1v) is 20.2. The molecule has 0 bridgehead atoms. The number of allylic oxidation sites excluding steroid dienone is 8. The Morgan fingerprint density at radius 2 is 0.851 bits per heavy atom. The van der Waals surface area contributed by atoms with Crippen LogP contribution in [0, 0.1) is 0 Å². The van der Waals surface area contributed by atoms with E-state index in [0.717, 1.165) is 45.1 Å². The van der Waals surface area contributed by atoms with Crippen molar-refractivity contribution in [3.05, 3.63) is 48.6 Å². The molecule has 0 saturated carbocycles. The average molecular weight is 657 g/mol. The highest BCUT2D eigenvalue weighted by molar-refractivity contribution is 5.67. The van der Waals surface area contributed by atoms with Gasteiger partial charge in [-0.25, -0.2) is 4.79 Å². The van der Waals surface area contributed by atoms with E-state index in [9.17, 15) is 4.79 Å². The zero-order chi connectivity index (χ0) is 34.5. The predicted molar refractivity (Wildman–Crippen MR) is 209 cm³/mol. The molecule has 0 aliphatic rings. The summed E-state index contributed by atoms with van der Waals surface area (Å²) in [6.45, 7) is 6.08. The highest BCUT2D eigenvalue weighted by atomic mass is 16.6. The molecule has 0 rings (SSSR count). The van der Waals surface area contributed by atoms with Gasteiger partial charge < -0.3 is 14.5 Å². The van der Waals surface area contributed by atoms with Crippen molar-refractivity contribution in [3.63, 3.8) is 0 Å². The lowest BCUT2D eigenvalue weighted by Crippen LogP contribution is -2.36. The average Bonchev–Trinajstić information content (AvgIpc) is 3.06. The maximum Gasteiger partial charge on any atom is 0.409 e. The van der Waals surface area contributed by atoms with Gasteiger partial charge in [-0.15, -0.1) is 0 Å². The van der Waals surface area contributed by atoms with Gasteiger partial charge in [0, 0.05) is 20.1 Å². The molecule has 0 aromatic carbocycles.